The highest BCUT2D eigenvalue weighted by Crippen LogP contribution is 2.22. The Hall–Kier alpha value is -2.08. The van der Waals surface area contributed by atoms with Gasteiger partial charge in [-0.25, -0.2) is 0 Å². The molecule has 0 aromatic heterocycles. The Morgan fingerprint density at radius 2 is 1.67 bits per heavy atom. The fourth-order valence-electron chi connectivity index (χ4n) is 2.98. The first kappa shape index (κ1) is 23.0. The van der Waals surface area contributed by atoms with Crippen LogP contribution in [-0.4, -0.2) is 68.1 Å². The van der Waals surface area contributed by atoms with Crippen molar-refractivity contribution in [2.45, 2.75) is 34.6 Å². The predicted octanol–water partition coefficient (Wildman–Crippen LogP) is 2.66. The van der Waals surface area contributed by atoms with Crippen LogP contribution in [0.25, 0.3) is 0 Å². The lowest BCUT2D eigenvalue weighted by Gasteiger charge is -2.28. The van der Waals surface area contributed by atoms with Crippen molar-refractivity contribution in [1.82, 2.24) is 9.80 Å². The molecule has 0 N–H and O–H groups in total. The number of esters is 1. The third-order valence-corrected chi connectivity index (χ3v) is 4.78. The van der Waals surface area contributed by atoms with E-state index in [1.807, 2.05) is 32.0 Å². The minimum Gasteiger partial charge on any atom is -0.483 e. The van der Waals surface area contributed by atoms with Crippen molar-refractivity contribution in [2.24, 2.45) is 5.92 Å². The number of ether oxygens (including phenoxy) is 2. The van der Waals surface area contributed by atoms with Gasteiger partial charge in [0.1, 0.15) is 5.75 Å². The highest BCUT2D eigenvalue weighted by atomic mass is 16.5. The van der Waals surface area contributed by atoms with E-state index in [2.05, 4.69) is 18.7 Å². The lowest BCUT2D eigenvalue weighted by molar-refractivity contribution is -0.146. The van der Waals surface area contributed by atoms with Gasteiger partial charge in [-0.05, 0) is 38.1 Å². The fraction of sp³-hybridized carbons (Fsp3) is 0.619. The third-order valence-electron chi connectivity index (χ3n) is 4.78. The van der Waals surface area contributed by atoms with Crippen LogP contribution in [0.4, 0.5) is 0 Å². The van der Waals surface area contributed by atoms with E-state index in [9.17, 15) is 9.59 Å². The van der Waals surface area contributed by atoms with E-state index in [-0.39, 0.29) is 24.4 Å². The fourth-order valence-corrected chi connectivity index (χ4v) is 2.98. The molecule has 0 spiro atoms. The van der Waals surface area contributed by atoms with Crippen LogP contribution in [0.2, 0.25) is 0 Å². The van der Waals surface area contributed by atoms with Crippen LogP contribution in [0.15, 0.2) is 18.2 Å². The topological polar surface area (TPSA) is 59.1 Å². The van der Waals surface area contributed by atoms with Crippen LogP contribution in [0.5, 0.6) is 5.75 Å². The molecule has 152 valence electrons. The minimum atomic E-state index is -0.379. The summed E-state index contributed by atoms with van der Waals surface area (Å²) in [5, 5.41) is 0. The summed E-state index contributed by atoms with van der Waals surface area (Å²) in [5.74, 6) is -0.0710. The largest absolute Gasteiger partial charge is 0.483 e. The summed E-state index contributed by atoms with van der Waals surface area (Å²) >= 11 is 0. The summed E-state index contributed by atoms with van der Waals surface area (Å²) < 4.78 is 10.6. The van der Waals surface area contributed by atoms with Gasteiger partial charge in [0.05, 0.1) is 13.0 Å². The lowest BCUT2D eigenvalue weighted by atomic mass is 10.1. The number of likely N-dealkylation sites (N-methyl/N-ethyl adjacent to an activating group) is 1. The standard InChI is InChI=1S/C21H34N2O4/c1-7-22(8-2)12-13-23(14-18(5)21(25)26-6)19(24)15-27-20-16(3)10-9-11-17(20)4/h9-11,18H,7-8,12-15H2,1-6H3. The van der Waals surface area contributed by atoms with Gasteiger partial charge in [-0.3, -0.25) is 9.59 Å². The molecule has 6 heteroatoms. The number of benzene rings is 1. The van der Waals surface area contributed by atoms with E-state index in [1.165, 1.54) is 7.11 Å². The summed E-state index contributed by atoms with van der Waals surface area (Å²) in [6.45, 7) is 13.3. The second-order valence-electron chi connectivity index (χ2n) is 6.80. The molecule has 6 nitrogen and oxygen atoms in total. The summed E-state index contributed by atoms with van der Waals surface area (Å²) in [5.41, 5.74) is 2.00. The van der Waals surface area contributed by atoms with E-state index in [4.69, 9.17) is 9.47 Å². The Labute approximate surface area is 163 Å². The number of methoxy groups -OCH3 is 1. The summed E-state index contributed by atoms with van der Waals surface area (Å²) in [7, 11) is 1.37. The van der Waals surface area contributed by atoms with Gasteiger partial charge >= 0.3 is 5.97 Å². The SMILES string of the molecule is CCN(CC)CCN(CC(C)C(=O)OC)C(=O)COc1c(C)cccc1C. The van der Waals surface area contributed by atoms with Gasteiger partial charge in [0.25, 0.3) is 5.91 Å². The number of carbonyl (C=O) groups excluding carboxylic acids is 2. The Bertz CT molecular complexity index is 594. The zero-order valence-electron chi connectivity index (χ0n) is 17.6. The molecule has 1 atom stereocenters. The van der Waals surface area contributed by atoms with E-state index in [1.54, 1.807) is 11.8 Å². The Kier molecular flexibility index (Phi) is 9.86. The van der Waals surface area contributed by atoms with E-state index in [0.717, 1.165) is 36.5 Å². The van der Waals surface area contributed by atoms with Crippen molar-refractivity contribution in [2.75, 3.05) is 46.4 Å². The highest BCUT2D eigenvalue weighted by molar-refractivity contribution is 5.79. The zero-order chi connectivity index (χ0) is 20.4. The molecule has 0 fully saturated rings. The number of para-hydroxylation sites is 1. The average molecular weight is 379 g/mol. The van der Waals surface area contributed by atoms with E-state index in [0.29, 0.717) is 13.1 Å². The zero-order valence-corrected chi connectivity index (χ0v) is 17.6. The molecular formula is C21H34N2O4. The second kappa shape index (κ2) is 11.6. The third kappa shape index (κ3) is 7.21. The second-order valence-corrected chi connectivity index (χ2v) is 6.80. The maximum Gasteiger partial charge on any atom is 0.310 e. The van der Waals surface area contributed by atoms with E-state index >= 15 is 0 Å². The molecule has 0 radical (unpaired) electrons. The van der Waals surface area contributed by atoms with E-state index < -0.39 is 0 Å². The van der Waals surface area contributed by atoms with Crippen molar-refractivity contribution < 1.29 is 19.1 Å². The van der Waals surface area contributed by atoms with Crippen LogP contribution in [0, 0.1) is 19.8 Å². The average Bonchev–Trinajstić information content (AvgIpc) is 2.66. The van der Waals surface area contributed by atoms with Crippen LogP contribution in [0.3, 0.4) is 0 Å². The molecule has 1 amide bonds. The number of hydrogen-bond donors (Lipinski definition) is 0. The minimum absolute atomic E-state index is 0.0438. The molecule has 27 heavy (non-hydrogen) atoms. The molecule has 1 rings (SSSR count). The van der Waals surface area contributed by atoms with Crippen molar-refractivity contribution in [3.63, 3.8) is 0 Å². The van der Waals surface area contributed by atoms with Gasteiger partial charge in [0, 0.05) is 19.6 Å². The molecule has 1 aromatic carbocycles. The molecular weight excluding hydrogens is 344 g/mol. The molecule has 0 heterocycles. The Balaban J connectivity index is 2.79. The van der Waals surface area contributed by atoms with Gasteiger partial charge < -0.3 is 19.3 Å². The van der Waals surface area contributed by atoms with Crippen LogP contribution in [-0.2, 0) is 14.3 Å². The van der Waals surface area contributed by atoms with Gasteiger partial charge in [-0.1, -0.05) is 39.0 Å². The molecule has 0 saturated carbocycles. The molecule has 0 aliphatic rings. The molecule has 0 bridgehead atoms. The molecule has 1 unspecified atom stereocenters. The van der Waals surface area contributed by atoms with Crippen LogP contribution >= 0.6 is 0 Å². The Morgan fingerprint density at radius 1 is 1.07 bits per heavy atom. The van der Waals surface area contributed by atoms with Gasteiger partial charge in [0.2, 0.25) is 0 Å². The van der Waals surface area contributed by atoms with Gasteiger partial charge in [-0.15, -0.1) is 0 Å². The number of rotatable bonds is 11. The summed E-state index contributed by atoms with van der Waals surface area (Å²) in [6.07, 6.45) is 0. The summed E-state index contributed by atoms with van der Waals surface area (Å²) in [6, 6.07) is 5.89. The van der Waals surface area contributed by atoms with Gasteiger partial charge in [0.15, 0.2) is 6.61 Å². The van der Waals surface area contributed by atoms with Crippen molar-refractivity contribution in [1.29, 1.82) is 0 Å². The van der Waals surface area contributed by atoms with Crippen molar-refractivity contribution in [3.05, 3.63) is 29.3 Å². The molecule has 0 aliphatic heterocycles. The first-order valence-corrected chi connectivity index (χ1v) is 9.60. The van der Waals surface area contributed by atoms with Crippen molar-refractivity contribution in [3.8, 4) is 5.75 Å². The maximum absolute atomic E-state index is 12.8. The lowest BCUT2D eigenvalue weighted by Crippen LogP contribution is -2.44. The molecule has 0 aliphatic carbocycles. The number of aryl methyl sites for hydroxylation is 2. The van der Waals surface area contributed by atoms with Crippen LogP contribution < -0.4 is 4.74 Å². The summed E-state index contributed by atoms with van der Waals surface area (Å²) in [4.78, 5) is 28.5. The quantitative estimate of drug-likeness (QED) is 0.554. The molecule has 0 saturated heterocycles. The highest BCUT2D eigenvalue weighted by Gasteiger charge is 2.22. The predicted molar refractivity (Wildman–Crippen MR) is 107 cm³/mol. The Morgan fingerprint density at radius 3 is 2.19 bits per heavy atom. The first-order chi connectivity index (χ1) is 12.8. The number of amides is 1. The number of carbonyl (C=O) groups is 2. The van der Waals surface area contributed by atoms with Crippen molar-refractivity contribution >= 4 is 11.9 Å². The monoisotopic (exact) mass is 378 g/mol. The maximum atomic E-state index is 12.8. The normalized spacial score (nSPS) is 12.0. The smallest absolute Gasteiger partial charge is 0.310 e. The first-order valence-electron chi connectivity index (χ1n) is 9.60. The number of nitrogens with zero attached hydrogens (tertiary/aromatic N) is 2. The van der Waals surface area contributed by atoms with Gasteiger partial charge in [-0.2, -0.15) is 0 Å². The van der Waals surface area contributed by atoms with Crippen LogP contribution in [0.1, 0.15) is 31.9 Å². The number of hydrogen-bond acceptors (Lipinski definition) is 5. The molecule has 1 aromatic rings.